The number of aliphatic hydroxyl groups excluding tert-OH is 2. The quantitative estimate of drug-likeness (QED) is 0.344. The summed E-state index contributed by atoms with van der Waals surface area (Å²) in [5.41, 5.74) is 8.46. The summed E-state index contributed by atoms with van der Waals surface area (Å²) in [6.45, 7) is 15.2. The van der Waals surface area contributed by atoms with Gasteiger partial charge in [0.25, 0.3) is 0 Å². The third kappa shape index (κ3) is 4.99. The van der Waals surface area contributed by atoms with E-state index in [0.717, 1.165) is 29.7 Å². The molecule has 0 fully saturated rings. The molecule has 2 aromatic rings. The van der Waals surface area contributed by atoms with Crippen molar-refractivity contribution >= 4 is 11.1 Å². The van der Waals surface area contributed by atoms with Crippen LogP contribution in [0.15, 0.2) is 54.4 Å². The van der Waals surface area contributed by atoms with Crippen molar-refractivity contribution in [3.05, 3.63) is 88.0 Å². The highest BCUT2D eigenvalue weighted by Gasteiger charge is 2.33. The van der Waals surface area contributed by atoms with Crippen LogP contribution in [0.3, 0.4) is 0 Å². The molecule has 0 amide bonds. The summed E-state index contributed by atoms with van der Waals surface area (Å²) < 4.78 is 0. The van der Waals surface area contributed by atoms with Crippen LogP contribution in [0, 0.1) is 6.92 Å². The summed E-state index contributed by atoms with van der Waals surface area (Å²) in [5.74, 6) is 0.253. The van der Waals surface area contributed by atoms with E-state index in [0.29, 0.717) is 12.0 Å². The van der Waals surface area contributed by atoms with E-state index in [-0.39, 0.29) is 23.2 Å². The molecule has 3 nitrogen and oxygen atoms in total. The van der Waals surface area contributed by atoms with Crippen LogP contribution in [-0.4, -0.2) is 21.8 Å². The lowest BCUT2D eigenvalue weighted by molar-refractivity contribution is 0.333. The van der Waals surface area contributed by atoms with Crippen molar-refractivity contribution in [1.82, 2.24) is 4.98 Å². The van der Waals surface area contributed by atoms with Crippen molar-refractivity contribution in [3.63, 3.8) is 0 Å². The van der Waals surface area contributed by atoms with E-state index in [9.17, 15) is 10.2 Å². The maximum Gasteiger partial charge on any atom is 0.0984 e. The van der Waals surface area contributed by atoms with E-state index in [4.69, 9.17) is 4.98 Å². The summed E-state index contributed by atoms with van der Waals surface area (Å²) in [5, 5.41) is 20.2. The summed E-state index contributed by atoms with van der Waals surface area (Å²) in [6, 6.07) is 8.62. The number of aromatic nitrogens is 1. The second-order valence-corrected chi connectivity index (χ2v) is 10.3. The predicted octanol–water partition coefficient (Wildman–Crippen LogP) is 7.42. The van der Waals surface area contributed by atoms with Gasteiger partial charge in [-0.05, 0) is 54.7 Å². The van der Waals surface area contributed by atoms with Crippen LogP contribution in [0.2, 0.25) is 0 Å². The summed E-state index contributed by atoms with van der Waals surface area (Å²) in [7, 11) is 0. The van der Waals surface area contributed by atoms with Crippen molar-refractivity contribution in [2.75, 3.05) is 6.61 Å². The minimum atomic E-state index is -0.199. The zero-order valence-electron chi connectivity index (χ0n) is 21.3. The summed E-state index contributed by atoms with van der Waals surface area (Å²) in [4.78, 5) is 4.74. The molecule has 0 saturated heterocycles. The molecule has 1 aliphatic rings. The van der Waals surface area contributed by atoms with Crippen LogP contribution in [-0.2, 0) is 10.8 Å². The van der Waals surface area contributed by atoms with Crippen molar-refractivity contribution < 1.29 is 10.2 Å². The highest BCUT2D eigenvalue weighted by molar-refractivity contribution is 5.81. The average Bonchev–Trinajstić information content (AvgIpc) is 2.78. The molecular weight excluding hydrogens is 406 g/mol. The zero-order chi connectivity index (χ0) is 24.4. The highest BCUT2D eigenvalue weighted by atomic mass is 16.3. The minimum absolute atomic E-state index is 0.0109. The van der Waals surface area contributed by atoms with E-state index in [1.165, 1.54) is 22.3 Å². The molecule has 1 heterocycles. The third-order valence-electron chi connectivity index (χ3n) is 6.91. The van der Waals surface area contributed by atoms with Gasteiger partial charge in [-0.25, -0.2) is 0 Å². The van der Waals surface area contributed by atoms with Crippen molar-refractivity contribution in [2.45, 2.75) is 78.6 Å². The molecule has 33 heavy (non-hydrogen) atoms. The molecule has 176 valence electrons. The molecular formula is C30H39NO2. The van der Waals surface area contributed by atoms with Gasteiger partial charge in [-0.3, -0.25) is 4.98 Å². The Labute approximate surface area is 199 Å². The number of aryl methyl sites for hydroxylation is 1. The molecule has 1 aromatic heterocycles. The van der Waals surface area contributed by atoms with Gasteiger partial charge in [-0.15, -0.1) is 0 Å². The Bertz CT molecular complexity index is 1100. The number of unbranched alkanes of at least 4 members (excludes halogenated alkanes) is 1. The molecule has 0 saturated carbocycles. The molecule has 3 rings (SSSR count). The first kappa shape index (κ1) is 25.0. The van der Waals surface area contributed by atoms with Gasteiger partial charge < -0.3 is 10.2 Å². The van der Waals surface area contributed by atoms with Gasteiger partial charge in [-0.1, -0.05) is 71.4 Å². The van der Waals surface area contributed by atoms with Gasteiger partial charge in [0.15, 0.2) is 0 Å². The van der Waals surface area contributed by atoms with E-state index < -0.39 is 0 Å². The van der Waals surface area contributed by atoms with Crippen LogP contribution in [0.5, 0.6) is 0 Å². The lowest BCUT2D eigenvalue weighted by Gasteiger charge is -2.37. The molecule has 0 radical (unpaired) electrons. The minimum Gasteiger partial charge on any atom is -0.512 e. The van der Waals surface area contributed by atoms with Crippen LogP contribution in [0.1, 0.15) is 94.3 Å². The second kappa shape index (κ2) is 9.69. The second-order valence-electron chi connectivity index (χ2n) is 10.3. The van der Waals surface area contributed by atoms with Crippen LogP contribution >= 0.6 is 0 Å². The largest absolute Gasteiger partial charge is 0.512 e. The lowest BCUT2D eigenvalue weighted by Crippen LogP contribution is -2.29. The number of hydrogen-bond donors (Lipinski definition) is 2. The SMILES string of the molecule is C/C=C(\c1ccc(/C(CO)=C(\O)CCCC)cn1)c1cc2c(cc1C)C(C)(C)C=CC2(C)C. The number of aliphatic hydroxyl groups is 2. The summed E-state index contributed by atoms with van der Waals surface area (Å²) >= 11 is 0. The van der Waals surface area contributed by atoms with E-state index in [1.54, 1.807) is 6.20 Å². The fourth-order valence-electron chi connectivity index (χ4n) is 4.68. The predicted molar refractivity (Wildman–Crippen MR) is 140 cm³/mol. The molecule has 0 atom stereocenters. The Morgan fingerprint density at radius 3 is 2.18 bits per heavy atom. The topological polar surface area (TPSA) is 53.4 Å². The molecule has 2 N–H and O–H groups in total. The molecule has 1 aliphatic carbocycles. The van der Waals surface area contributed by atoms with E-state index in [1.807, 2.05) is 12.1 Å². The molecule has 0 aliphatic heterocycles. The Hall–Kier alpha value is -2.65. The van der Waals surface area contributed by atoms with Crippen molar-refractivity contribution in [2.24, 2.45) is 0 Å². The van der Waals surface area contributed by atoms with E-state index >= 15 is 0 Å². The van der Waals surface area contributed by atoms with Gasteiger partial charge in [-0.2, -0.15) is 0 Å². The molecule has 1 aromatic carbocycles. The summed E-state index contributed by atoms with van der Waals surface area (Å²) in [6.07, 6.45) is 11.0. The third-order valence-corrected chi connectivity index (χ3v) is 6.91. The van der Waals surface area contributed by atoms with Crippen molar-refractivity contribution in [1.29, 1.82) is 0 Å². The van der Waals surface area contributed by atoms with Crippen LogP contribution in [0.25, 0.3) is 11.1 Å². The number of pyridine rings is 1. The van der Waals surface area contributed by atoms with Gasteiger partial charge in [0.1, 0.15) is 0 Å². The van der Waals surface area contributed by atoms with Crippen LogP contribution < -0.4 is 0 Å². The Balaban J connectivity index is 2.03. The fraction of sp³-hybridized carbons (Fsp3) is 0.433. The first-order chi connectivity index (χ1) is 15.6. The zero-order valence-corrected chi connectivity index (χ0v) is 21.3. The first-order valence-electron chi connectivity index (χ1n) is 12.1. The number of rotatable bonds is 7. The molecule has 0 unspecified atom stereocenters. The van der Waals surface area contributed by atoms with Gasteiger partial charge >= 0.3 is 0 Å². The number of allylic oxidation sites excluding steroid dienone is 4. The highest BCUT2D eigenvalue weighted by Crippen LogP contribution is 2.43. The van der Waals surface area contributed by atoms with E-state index in [2.05, 4.69) is 78.8 Å². The Morgan fingerprint density at radius 2 is 1.67 bits per heavy atom. The molecule has 0 spiro atoms. The van der Waals surface area contributed by atoms with Gasteiger partial charge in [0.2, 0.25) is 0 Å². The average molecular weight is 446 g/mol. The number of fused-ring (bicyclic) bond motifs is 1. The molecule has 0 bridgehead atoms. The van der Waals surface area contributed by atoms with Crippen LogP contribution in [0.4, 0.5) is 0 Å². The van der Waals surface area contributed by atoms with Crippen molar-refractivity contribution in [3.8, 4) is 0 Å². The monoisotopic (exact) mass is 445 g/mol. The number of nitrogens with zero attached hydrogens (tertiary/aromatic N) is 1. The number of benzene rings is 1. The Morgan fingerprint density at radius 1 is 1.03 bits per heavy atom. The van der Waals surface area contributed by atoms with Gasteiger partial charge in [0, 0.05) is 40.2 Å². The number of hydrogen-bond acceptors (Lipinski definition) is 3. The normalized spacial score (nSPS) is 17.5. The lowest BCUT2D eigenvalue weighted by atomic mass is 9.67. The maximum atomic E-state index is 10.4. The fourth-order valence-corrected chi connectivity index (χ4v) is 4.68. The molecule has 3 heteroatoms. The first-order valence-corrected chi connectivity index (χ1v) is 12.1. The smallest absolute Gasteiger partial charge is 0.0984 e. The maximum absolute atomic E-state index is 10.4. The Kier molecular flexibility index (Phi) is 7.33. The standard InChI is InChI=1S/C30H39NO2/c1-8-10-11-28(33)24(19-32)21-12-13-27(31-18-21)22(9-2)23-17-26-25(16-20(23)3)29(4,5)14-15-30(26,6)7/h9,12-18,32-33H,8,10-11,19H2,1-7H3/b22-9-,28-24-. The van der Waals surface area contributed by atoms with Gasteiger partial charge in [0.05, 0.1) is 18.1 Å².